The molecule has 1 N–H and O–H groups in total. The molecule has 1 saturated carbocycles. The smallest absolute Gasteiger partial charge is 0.0205 e. The first-order chi connectivity index (χ1) is 7.20. The predicted octanol–water partition coefficient (Wildman–Crippen LogP) is 3.09. The van der Waals surface area contributed by atoms with E-state index in [2.05, 4.69) is 43.1 Å². The highest BCUT2D eigenvalue weighted by Crippen LogP contribution is 2.44. The Bertz CT molecular complexity index is 336. The number of benzene rings is 1. The van der Waals surface area contributed by atoms with E-state index in [9.17, 15) is 0 Å². The maximum Gasteiger partial charge on any atom is 0.0205 e. The molecule has 0 heterocycles. The largest absolute Gasteiger partial charge is 0.312 e. The first-order valence-electron chi connectivity index (χ1n) is 5.64. The molecular weight excluding hydrogens is 182 g/mol. The van der Waals surface area contributed by atoms with Gasteiger partial charge in [-0.15, -0.1) is 0 Å². The highest BCUT2D eigenvalue weighted by molar-refractivity contribution is 5.64. The van der Waals surface area contributed by atoms with Crippen LogP contribution in [-0.4, -0.2) is 13.1 Å². The van der Waals surface area contributed by atoms with Crippen molar-refractivity contribution >= 4 is 5.57 Å². The van der Waals surface area contributed by atoms with Gasteiger partial charge < -0.3 is 5.32 Å². The average molecular weight is 201 g/mol. The van der Waals surface area contributed by atoms with Gasteiger partial charge in [0.15, 0.2) is 0 Å². The van der Waals surface area contributed by atoms with Crippen molar-refractivity contribution in [2.75, 3.05) is 13.1 Å². The first-order valence-corrected chi connectivity index (χ1v) is 5.64. The van der Waals surface area contributed by atoms with Crippen LogP contribution in [0.3, 0.4) is 0 Å². The Morgan fingerprint density at radius 2 is 2.00 bits per heavy atom. The summed E-state index contributed by atoms with van der Waals surface area (Å²) in [6.07, 6.45) is 2.75. The van der Waals surface area contributed by atoms with Gasteiger partial charge in [-0.25, -0.2) is 0 Å². The van der Waals surface area contributed by atoms with Crippen molar-refractivity contribution < 1.29 is 0 Å². The molecule has 0 aliphatic heterocycles. The van der Waals surface area contributed by atoms with Gasteiger partial charge in [-0.2, -0.15) is 0 Å². The second-order valence-corrected chi connectivity index (χ2v) is 4.88. The standard InChI is InChI=1S/C14H19N/c1-12(13-6-4-3-5-7-13)10-15-11-14(2)8-9-14/h3-7,15H,1,8-11H2,2H3. The Morgan fingerprint density at radius 3 is 2.60 bits per heavy atom. The van der Waals surface area contributed by atoms with E-state index in [4.69, 9.17) is 0 Å². The topological polar surface area (TPSA) is 12.0 Å². The molecule has 0 unspecified atom stereocenters. The van der Waals surface area contributed by atoms with Crippen molar-refractivity contribution in [2.24, 2.45) is 5.41 Å². The SMILES string of the molecule is C=C(CNCC1(C)CC1)c1ccccc1. The van der Waals surface area contributed by atoms with Crippen molar-refractivity contribution in [1.82, 2.24) is 5.32 Å². The van der Waals surface area contributed by atoms with Crippen molar-refractivity contribution in [3.63, 3.8) is 0 Å². The molecule has 80 valence electrons. The molecule has 2 rings (SSSR count). The van der Waals surface area contributed by atoms with E-state index >= 15 is 0 Å². The zero-order valence-electron chi connectivity index (χ0n) is 9.42. The summed E-state index contributed by atoms with van der Waals surface area (Å²) in [4.78, 5) is 0. The summed E-state index contributed by atoms with van der Waals surface area (Å²) < 4.78 is 0. The third-order valence-corrected chi connectivity index (χ3v) is 3.18. The molecule has 1 aliphatic carbocycles. The molecule has 1 aromatic carbocycles. The van der Waals surface area contributed by atoms with Gasteiger partial charge in [0.05, 0.1) is 0 Å². The molecule has 0 aromatic heterocycles. The highest BCUT2D eigenvalue weighted by atomic mass is 14.9. The minimum atomic E-state index is 0.580. The lowest BCUT2D eigenvalue weighted by molar-refractivity contribution is 0.520. The van der Waals surface area contributed by atoms with Crippen LogP contribution in [0.25, 0.3) is 5.57 Å². The van der Waals surface area contributed by atoms with Gasteiger partial charge >= 0.3 is 0 Å². The Hall–Kier alpha value is -1.08. The molecule has 15 heavy (non-hydrogen) atoms. The normalized spacial score (nSPS) is 17.4. The van der Waals surface area contributed by atoms with Crippen LogP contribution in [0.5, 0.6) is 0 Å². The Labute approximate surface area is 92.2 Å². The Balaban J connectivity index is 1.78. The van der Waals surface area contributed by atoms with Gasteiger partial charge in [0.25, 0.3) is 0 Å². The van der Waals surface area contributed by atoms with E-state index in [0.29, 0.717) is 5.41 Å². The summed E-state index contributed by atoms with van der Waals surface area (Å²) in [5.74, 6) is 0. The molecule has 1 aliphatic rings. The van der Waals surface area contributed by atoms with Crippen LogP contribution in [-0.2, 0) is 0 Å². The third-order valence-electron chi connectivity index (χ3n) is 3.18. The van der Waals surface area contributed by atoms with E-state index in [-0.39, 0.29) is 0 Å². The van der Waals surface area contributed by atoms with Crippen LogP contribution in [0.4, 0.5) is 0 Å². The summed E-state index contributed by atoms with van der Waals surface area (Å²) in [6.45, 7) is 8.47. The first kappa shape index (κ1) is 10.4. The number of nitrogens with one attached hydrogen (secondary N) is 1. The molecule has 1 aromatic rings. The minimum absolute atomic E-state index is 0.580. The monoisotopic (exact) mass is 201 g/mol. The predicted molar refractivity (Wildman–Crippen MR) is 65.7 cm³/mol. The van der Waals surface area contributed by atoms with Crippen molar-refractivity contribution in [3.8, 4) is 0 Å². The van der Waals surface area contributed by atoms with Crippen molar-refractivity contribution in [1.29, 1.82) is 0 Å². The summed E-state index contributed by atoms with van der Waals surface area (Å²) in [5, 5.41) is 3.49. The van der Waals surface area contributed by atoms with E-state index < -0.39 is 0 Å². The molecule has 0 atom stereocenters. The average Bonchev–Trinajstić information content (AvgIpc) is 2.98. The van der Waals surface area contributed by atoms with E-state index in [1.54, 1.807) is 0 Å². The molecule has 0 spiro atoms. The molecule has 0 saturated heterocycles. The lowest BCUT2D eigenvalue weighted by atomic mass is 10.1. The van der Waals surface area contributed by atoms with Crippen molar-refractivity contribution in [3.05, 3.63) is 42.5 Å². The van der Waals surface area contributed by atoms with E-state index in [1.807, 2.05) is 6.07 Å². The Kier molecular flexibility index (Phi) is 2.92. The van der Waals surface area contributed by atoms with Crippen LogP contribution in [0, 0.1) is 5.41 Å². The number of hydrogen-bond donors (Lipinski definition) is 1. The van der Waals surface area contributed by atoms with Crippen LogP contribution >= 0.6 is 0 Å². The number of hydrogen-bond acceptors (Lipinski definition) is 1. The van der Waals surface area contributed by atoms with Gasteiger partial charge in [-0.1, -0.05) is 43.8 Å². The maximum absolute atomic E-state index is 4.10. The lowest BCUT2D eigenvalue weighted by Crippen LogP contribution is -2.23. The summed E-state index contributed by atoms with van der Waals surface area (Å²) in [6, 6.07) is 10.4. The highest BCUT2D eigenvalue weighted by Gasteiger charge is 2.36. The fourth-order valence-corrected chi connectivity index (χ4v) is 1.68. The van der Waals surface area contributed by atoms with E-state index in [0.717, 1.165) is 13.1 Å². The van der Waals surface area contributed by atoms with Gasteiger partial charge in [-0.05, 0) is 29.4 Å². The minimum Gasteiger partial charge on any atom is -0.312 e. The molecule has 1 fully saturated rings. The molecule has 0 radical (unpaired) electrons. The molecule has 1 nitrogen and oxygen atoms in total. The zero-order valence-corrected chi connectivity index (χ0v) is 9.42. The summed E-state index contributed by atoms with van der Waals surface area (Å²) >= 11 is 0. The quantitative estimate of drug-likeness (QED) is 0.772. The van der Waals surface area contributed by atoms with Crippen LogP contribution in [0.2, 0.25) is 0 Å². The summed E-state index contributed by atoms with van der Waals surface area (Å²) in [5.41, 5.74) is 3.00. The van der Waals surface area contributed by atoms with E-state index in [1.165, 1.54) is 24.0 Å². The third kappa shape index (κ3) is 2.93. The fraction of sp³-hybridized carbons (Fsp3) is 0.429. The number of rotatable bonds is 5. The molecular formula is C14H19N. The van der Waals surface area contributed by atoms with Gasteiger partial charge in [0.1, 0.15) is 0 Å². The van der Waals surface area contributed by atoms with Crippen LogP contribution < -0.4 is 5.32 Å². The summed E-state index contributed by atoms with van der Waals surface area (Å²) in [7, 11) is 0. The van der Waals surface area contributed by atoms with Gasteiger partial charge in [0, 0.05) is 13.1 Å². The zero-order chi connectivity index (χ0) is 10.7. The second-order valence-electron chi connectivity index (χ2n) is 4.88. The van der Waals surface area contributed by atoms with Crippen molar-refractivity contribution in [2.45, 2.75) is 19.8 Å². The fourth-order valence-electron chi connectivity index (χ4n) is 1.68. The molecule has 0 amide bonds. The van der Waals surface area contributed by atoms with Crippen LogP contribution in [0.1, 0.15) is 25.3 Å². The van der Waals surface area contributed by atoms with Crippen LogP contribution in [0.15, 0.2) is 36.9 Å². The molecule has 0 bridgehead atoms. The second kappa shape index (κ2) is 4.19. The molecule has 1 heteroatoms. The maximum atomic E-state index is 4.10. The van der Waals surface area contributed by atoms with Gasteiger partial charge in [0.2, 0.25) is 0 Å². The lowest BCUT2D eigenvalue weighted by Gasteiger charge is -2.11. The van der Waals surface area contributed by atoms with Gasteiger partial charge in [-0.3, -0.25) is 0 Å². The Morgan fingerprint density at radius 1 is 1.33 bits per heavy atom.